The maximum absolute atomic E-state index is 13.2. The van der Waals surface area contributed by atoms with Gasteiger partial charge in [-0.05, 0) is 57.0 Å². The molecule has 11 heteroatoms. The summed E-state index contributed by atoms with van der Waals surface area (Å²) in [5.41, 5.74) is 1.04. The number of benzene rings is 1. The van der Waals surface area contributed by atoms with E-state index in [1.54, 1.807) is 29.7 Å². The summed E-state index contributed by atoms with van der Waals surface area (Å²) in [5.74, 6) is -0.968. The molecule has 3 aromatic rings. The summed E-state index contributed by atoms with van der Waals surface area (Å²) >= 11 is 0. The SMILES string of the molecule is C[C@@H]1CNC(=O)c2cc3ccc(C(=O)Nc4ccc(N5CCC(C)(O)CC5)cc4OC(F)F)nc3n21. The Labute approximate surface area is 206 Å². The van der Waals surface area contributed by atoms with Gasteiger partial charge in [0.05, 0.1) is 17.3 Å². The van der Waals surface area contributed by atoms with Crippen molar-refractivity contribution >= 4 is 34.2 Å². The van der Waals surface area contributed by atoms with Crippen molar-refractivity contribution in [2.24, 2.45) is 0 Å². The average Bonchev–Trinajstić information content (AvgIpc) is 3.22. The third kappa shape index (κ3) is 4.58. The van der Waals surface area contributed by atoms with Crippen LogP contribution < -0.4 is 20.3 Å². The zero-order valence-corrected chi connectivity index (χ0v) is 19.9. The second kappa shape index (κ2) is 9.05. The number of pyridine rings is 1. The van der Waals surface area contributed by atoms with Crippen molar-refractivity contribution in [1.82, 2.24) is 14.9 Å². The van der Waals surface area contributed by atoms with E-state index in [2.05, 4.69) is 15.6 Å². The fraction of sp³-hybridized carbons (Fsp3) is 0.400. The van der Waals surface area contributed by atoms with Crippen LogP contribution >= 0.6 is 0 Å². The lowest BCUT2D eigenvalue weighted by atomic mass is 9.93. The minimum atomic E-state index is -3.08. The number of amides is 2. The van der Waals surface area contributed by atoms with E-state index in [1.165, 1.54) is 18.2 Å². The van der Waals surface area contributed by atoms with Crippen molar-refractivity contribution in [2.45, 2.75) is 44.9 Å². The Morgan fingerprint density at radius 1 is 1.25 bits per heavy atom. The number of rotatable bonds is 5. The van der Waals surface area contributed by atoms with Crippen LogP contribution in [0.4, 0.5) is 20.2 Å². The normalized spacial score (nSPS) is 19.2. The number of aliphatic hydroxyl groups is 1. The van der Waals surface area contributed by atoms with Gasteiger partial charge in [0.1, 0.15) is 17.0 Å². The van der Waals surface area contributed by atoms with Crippen LogP contribution in [0.3, 0.4) is 0 Å². The van der Waals surface area contributed by atoms with Gasteiger partial charge in [-0.1, -0.05) is 0 Å². The highest BCUT2D eigenvalue weighted by atomic mass is 19.3. The van der Waals surface area contributed by atoms with E-state index in [0.717, 1.165) is 5.39 Å². The Hall–Kier alpha value is -3.73. The number of piperidine rings is 1. The number of halogens is 2. The second-order valence-corrected chi connectivity index (χ2v) is 9.57. The molecule has 0 spiro atoms. The molecule has 3 N–H and O–H groups in total. The average molecular weight is 500 g/mol. The van der Waals surface area contributed by atoms with Crippen LogP contribution in [0.1, 0.15) is 53.7 Å². The predicted octanol–water partition coefficient (Wildman–Crippen LogP) is 3.55. The molecule has 2 aliphatic heterocycles. The summed E-state index contributed by atoms with van der Waals surface area (Å²) in [5, 5.41) is 16.3. The van der Waals surface area contributed by atoms with E-state index in [9.17, 15) is 23.5 Å². The van der Waals surface area contributed by atoms with Gasteiger partial charge in [-0.25, -0.2) is 4.98 Å². The van der Waals surface area contributed by atoms with Crippen LogP contribution in [0, 0.1) is 0 Å². The Balaban J connectivity index is 1.41. The number of anilines is 2. The topological polar surface area (TPSA) is 109 Å². The highest BCUT2D eigenvalue weighted by molar-refractivity contribution is 6.05. The van der Waals surface area contributed by atoms with Gasteiger partial charge in [0, 0.05) is 36.8 Å². The van der Waals surface area contributed by atoms with Crippen molar-refractivity contribution in [2.75, 3.05) is 29.9 Å². The highest BCUT2D eigenvalue weighted by Gasteiger charge is 2.28. The quantitative estimate of drug-likeness (QED) is 0.496. The standard InChI is InChI=1S/C25H27F2N5O4/c1-14-13-28-23(34)19-11-15-3-5-18(29-21(15)32(14)19)22(33)30-17-6-4-16(12-20(17)36-24(26)27)31-9-7-25(2,35)8-10-31/h3-6,11-12,14,24,35H,7-10,13H2,1-2H3,(H,28,34)(H,30,33)/t14-/m1/s1. The smallest absolute Gasteiger partial charge is 0.387 e. The maximum Gasteiger partial charge on any atom is 0.387 e. The number of fused-ring (bicyclic) bond motifs is 3. The molecule has 4 heterocycles. The zero-order chi connectivity index (χ0) is 25.6. The van der Waals surface area contributed by atoms with E-state index in [-0.39, 0.29) is 29.1 Å². The van der Waals surface area contributed by atoms with E-state index in [0.29, 0.717) is 49.5 Å². The monoisotopic (exact) mass is 499 g/mol. The van der Waals surface area contributed by atoms with Crippen molar-refractivity contribution in [3.05, 3.63) is 47.8 Å². The fourth-order valence-electron chi connectivity index (χ4n) is 4.70. The predicted molar refractivity (Wildman–Crippen MR) is 130 cm³/mol. The van der Waals surface area contributed by atoms with Crippen LogP contribution in [0.25, 0.3) is 11.0 Å². The number of carbonyl (C=O) groups is 2. The molecule has 0 aliphatic carbocycles. The van der Waals surface area contributed by atoms with Gasteiger partial charge < -0.3 is 29.9 Å². The Morgan fingerprint density at radius 3 is 2.72 bits per heavy atom. The van der Waals surface area contributed by atoms with Crippen LogP contribution in [0.2, 0.25) is 0 Å². The van der Waals surface area contributed by atoms with Crippen LogP contribution in [0.15, 0.2) is 36.4 Å². The van der Waals surface area contributed by atoms with Crippen LogP contribution in [-0.4, -0.2) is 58.3 Å². The lowest BCUT2D eigenvalue weighted by Crippen LogP contribution is -2.42. The first kappa shape index (κ1) is 24.0. The molecule has 0 bridgehead atoms. The number of hydrogen-bond donors (Lipinski definition) is 3. The number of aromatic nitrogens is 2. The minimum absolute atomic E-state index is 0.0434. The Morgan fingerprint density at radius 2 is 2.00 bits per heavy atom. The molecule has 190 valence electrons. The van der Waals surface area contributed by atoms with Gasteiger partial charge in [0.25, 0.3) is 11.8 Å². The third-order valence-corrected chi connectivity index (χ3v) is 6.78. The molecule has 36 heavy (non-hydrogen) atoms. The number of carbonyl (C=O) groups excluding carboxylic acids is 2. The minimum Gasteiger partial charge on any atom is -0.433 e. The Bertz CT molecular complexity index is 1330. The number of nitrogens with zero attached hydrogens (tertiary/aromatic N) is 3. The van der Waals surface area contributed by atoms with Gasteiger partial charge in [-0.3, -0.25) is 9.59 Å². The summed E-state index contributed by atoms with van der Waals surface area (Å²) in [4.78, 5) is 31.7. The highest BCUT2D eigenvalue weighted by Crippen LogP contribution is 2.34. The largest absolute Gasteiger partial charge is 0.433 e. The molecular formula is C25H27F2N5O4. The molecule has 1 saturated heterocycles. The summed E-state index contributed by atoms with van der Waals surface area (Å²) in [6.07, 6.45) is 1.10. The van der Waals surface area contributed by atoms with Gasteiger partial charge >= 0.3 is 6.61 Å². The summed E-state index contributed by atoms with van der Waals surface area (Å²) in [6.45, 7) is 2.22. The lowest BCUT2D eigenvalue weighted by molar-refractivity contribution is -0.0493. The van der Waals surface area contributed by atoms with Gasteiger partial charge in [-0.2, -0.15) is 8.78 Å². The van der Waals surface area contributed by atoms with E-state index >= 15 is 0 Å². The summed E-state index contributed by atoms with van der Waals surface area (Å²) < 4.78 is 32.9. The van der Waals surface area contributed by atoms with E-state index in [1.807, 2.05) is 11.8 Å². The summed E-state index contributed by atoms with van der Waals surface area (Å²) in [6, 6.07) is 9.60. The number of hydrogen-bond acceptors (Lipinski definition) is 6. The molecule has 0 unspecified atom stereocenters. The molecule has 9 nitrogen and oxygen atoms in total. The fourth-order valence-corrected chi connectivity index (χ4v) is 4.70. The molecule has 2 amide bonds. The molecule has 0 saturated carbocycles. The first-order valence-corrected chi connectivity index (χ1v) is 11.8. The number of ether oxygens (including phenoxy) is 1. The van der Waals surface area contributed by atoms with Gasteiger partial charge in [-0.15, -0.1) is 0 Å². The maximum atomic E-state index is 13.2. The van der Waals surface area contributed by atoms with Crippen molar-refractivity contribution in [3.63, 3.8) is 0 Å². The van der Waals surface area contributed by atoms with Gasteiger partial charge in [0.15, 0.2) is 5.75 Å². The lowest BCUT2D eigenvalue weighted by Gasteiger charge is -2.37. The molecular weight excluding hydrogens is 472 g/mol. The van der Waals surface area contributed by atoms with E-state index in [4.69, 9.17) is 4.74 Å². The van der Waals surface area contributed by atoms with E-state index < -0.39 is 18.1 Å². The third-order valence-electron chi connectivity index (χ3n) is 6.78. The molecule has 1 atom stereocenters. The van der Waals surface area contributed by atoms with Crippen LogP contribution in [0.5, 0.6) is 5.75 Å². The molecule has 1 fully saturated rings. The molecule has 2 aromatic heterocycles. The molecule has 5 rings (SSSR count). The molecule has 0 radical (unpaired) electrons. The van der Waals surface area contributed by atoms with Gasteiger partial charge in [0.2, 0.25) is 0 Å². The molecule has 2 aliphatic rings. The van der Waals surface area contributed by atoms with Crippen LogP contribution in [-0.2, 0) is 0 Å². The number of alkyl halides is 2. The Kier molecular flexibility index (Phi) is 6.03. The van der Waals surface area contributed by atoms with Crippen molar-refractivity contribution in [1.29, 1.82) is 0 Å². The summed E-state index contributed by atoms with van der Waals surface area (Å²) in [7, 11) is 0. The zero-order valence-electron chi connectivity index (χ0n) is 19.9. The van der Waals surface area contributed by atoms with Crippen molar-refractivity contribution < 1.29 is 28.2 Å². The first-order valence-electron chi connectivity index (χ1n) is 11.8. The second-order valence-electron chi connectivity index (χ2n) is 9.57. The number of nitrogens with one attached hydrogen (secondary N) is 2. The molecule has 1 aromatic carbocycles. The first-order chi connectivity index (χ1) is 17.1. The van der Waals surface area contributed by atoms with Crippen molar-refractivity contribution in [3.8, 4) is 5.75 Å².